The molecule has 4 unspecified atom stereocenters. The molecular formula is C42H30N2O. The fourth-order valence-electron chi connectivity index (χ4n) is 8.11. The summed E-state index contributed by atoms with van der Waals surface area (Å²) < 4.78 is 6.37. The second kappa shape index (κ2) is 9.48. The Labute approximate surface area is 262 Å². The van der Waals surface area contributed by atoms with E-state index in [1.165, 1.54) is 45.0 Å². The molecule has 45 heavy (non-hydrogen) atoms. The van der Waals surface area contributed by atoms with Gasteiger partial charge in [0.2, 0.25) is 0 Å². The second-order valence-electron chi connectivity index (χ2n) is 12.5. The van der Waals surface area contributed by atoms with Gasteiger partial charge in [0.15, 0.2) is 0 Å². The van der Waals surface area contributed by atoms with Crippen molar-refractivity contribution in [2.75, 3.05) is 9.80 Å². The minimum Gasteiger partial charge on any atom is -0.456 e. The zero-order valence-corrected chi connectivity index (χ0v) is 24.6. The number of nitrogens with zero attached hydrogens (tertiary/aromatic N) is 2. The van der Waals surface area contributed by atoms with Gasteiger partial charge in [0.1, 0.15) is 11.2 Å². The van der Waals surface area contributed by atoms with Crippen LogP contribution in [0.4, 0.5) is 22.7 Å². The number of hydrogen-bond acceptors (Lipinski definition) is 3. The molecule has 0 amide bonds. The Hall–Kier alpha value is -5.54. The highest BCUT2D eigenvalue weighted by molar-refractivity contribution is 6.07. The van der Waals surface area contributed by atoms with Crippen LogP contribution in [0, 0.1) is 0 Å². The lowest BCUT2D eigenvalue weighted by Gasteiger charge is -2.29. The molecule has 4 atom stereocenters. The lowest BCUT2D eigenvalue weighted by Crippen LogP contribution is -2.28. The summed E-state index contributed by atoms with van der Waals surface area (Å²) in [7, 11) is 0. The van der Waals surface area contributed by atoms with Gasteiger partial charge >= 0.3 is 0 Å². The number of furan rings is 1. The third-order valence-electron chi connectivity index (χ3n) is 10.1. The number of rotatable bonds is 3. The predicted molar refractivity (Wildman–Crippen MR) is 186 cm³/mol. The van der Waals surface area contributed by atoms with E-state index in [0.717, 1.165) is 21.9 Å². The van der Waals surface area contributed by atoms with E-state index in [9.17, 15) is 0 Å². The molecule has 0 saturated carbocycles. The van der Waals surface area contributed by atoms with Gasteiger partial charge in [-0.25, -0.2) is 0 Å². The zero-order valence-electron chi connectivity index (χ0n) is 24.6. The third-order valence-corrected chi connectivity index (χ3v) is 10.1. The molecule has 1 aromatic heterocycles. The van der Waals surface area contributed by atoms with Crippen LogP contribution in [-0.4, -0.2) is 12.1 Å². The monoisotopic (exact) mass is 578 g/mol. The Balaban J connectivity index is 1.07. The first kappa shape index (κ1) is 24.9. The van der Waals surface area contributed by atoms with Crippen LogP contribution in [0.15, 0.2) is 162 Å². The van der Waals surface area contributed by atoms with Gasteiger partial charge in [0.05, 0.1) is 12.1 Å². The van der Waals surface area contributed by atoms with E-state index in [-0.39, 0.29) is 12.1 Å². The van der Waals surface area contributed by atoms with Gasteiger partial charge in [-0.05, 0) is 76.9 Å². The Morgan fingerprint density at radius 3 is 1.69 bits per heavy atom. The molecule has 2 aliphatic carbocycles. The van der Waals surface area contributed by atoms with Gasteiger partial charge in [0, 0.05) is 45.4 Å². The zero-order chi connectivity index (χ0) is 29.5. The van der Waals surface area contributed by atoms with Crippen LogP contribution in [0.25, 0.3) is 33.1 Å². The van der Waals surface area contributed by atoms with Gasteiger partial charge in [-0.1, -0.05) is 103 Å². The molecule has 6 aromatic rings. The van der Waals surface area contributed by atoms with E-state index in [1.807, 2.05) is 0 Å². The molecule has 0 fully saturated rings. The van der Waals surface area contributed by atoms with Crippen molar-refractivity contribution in [3.8, 4) is 11.1 Å². The van der Waals surface area contributed by atoms with Crippen LogP contribution < -0.4 is 9.80 Å². The molecule has 214 valence electrons. The van der Waals surface area contributed by atoms with Crippen LogP contribution in [0.5, 0.6) is 0 Å². The average molecular weight is 579 g/mol. The van der Waals surface area contributed by atoms with Crippen molar-refractivity contribution in [3.63, 3.8) is 0 Å². The molecule has 3 heterocycles. The summed E-state index contributed by atoms with van der Waals surface area (Å²) in [6.07, 6.45) is 18.0. The van der Waals surface area contributed by atoms with E-state index in [0.29, 0.717) is 11.8 Å². The van der Waals surface area contributed by atoms with Crippen LogP contribution in [0.1, 0.15) is 23.0 Å². The Bertz CT molecular complexity index is 2280. The highest BCUT2D eigenvalue weighted by Crippen LogP contribution is 2.50. The summed E-state index contributed by atoms with van der Waals surface area (Å²) in [5.41, 5.74) is 12.0. The Morgan fingerprint density at radius 1 is 0.444 bits per heavy atom. The first-order valence-electron chi connectivity index (χ1n) is 15.8. The van der Waals surface area contributed by atoms with Crippen molar-refractivity contribution >= 4 is 44.7 Å². The van der Waals surface area contributed by atoms with Crippen molar-refractivity contribution in [2.45, 2.75) is 23.9 Å². The van der Waals surface area contributed by atoms with Crippen molar-refractivity contribution in [1.82, 2.24) is 0 Å². The third kappa shape index (κ3) is 3.64. The van der Waals surface area contributed by atoms with Crippen molar-refractivity contribution in [3.05, 3.63) is 169 Å². The van der Waals surface area contributed by atoms with Crippen molar-refractivity contribution < 1.29 is 4.42 Å². The summed E-state index contributed by atoms with van der Waals surface area (Å²) in [5.74, 6) is 0.732. The number of fused-ring (bicyclic) bond motifs is 9. The molecule has 0 bridgehead atoms. The van der Waals surface area contributed by atoms with E-state index in [2.05, 4.69) is 168 Å². The normalized spacial score (nSPS) is 22.2. The van der Waals surface area contributed by atoms with Crippen LogP contribution in [0.3, 0.4) is 0 Å². The topological polar surface area (TPSA) is 19.6 Å². The lowest BCUT2D eigenvalue weighted by atomic mass is 9.91. The Morgan fingerprint density at radius 2 is 1.00 bits per heavy atom. The molecule has 3 heteroatoms. The molecule has 0 spiro atoms. The molecular weight excluding hydrogens is 548 g/mol. The first-order chi connectivity index (χ1) is 22.3. The summed E-state index contributed by atoms with van der Waals surface area (Å²) in [6, 6.07) is 40.5. The summed E-state index contributed by atoms with van der Waals surface area (Å²) in [6.45, 7) is 0. The van der Waals surface area contributed by atoms with E-state index in [4.69, 9.17) is 4.42 Å². The molecule has 2 aliphatic heterocycles. The first-order valence-corrected chi connectivity index (χ1v) is 15.8. The summed E-state index contributed by atoms with van der Waals surface area (Å²) in [4.78, 5) is 4.99. The van der Waals surface area contributed by atoms with Crippen LogP contribution >= 0.6 is 0 Å². The van der Waals surface area contributed by atoms with Gasteiger partial charge in [-0.15, -0.1) is 0 Å². The minimum absolute atomic E-state index is 0.270. The smallest absolute Gasteiger partial charge is 0.135 e. The maximum absolute atomic E-state index is 6.37. The number of para-hydroxylation sites is 2. The fourth-order valence-corrected chi connectivity index (χ4v) is 8.11. The van der Waals surface area contributed by atoms with Gasteiger partial charge in [-0.3, -0.25) is 0 Å². The minimum atomic E-state index is 0.270. The number of allylic oxidation sites excluding steroid dienone is 4. The molecule has 5 aromatic carbocycles. The van der Waals surface area contributed by atoms with E-state index >= 15 is 0 Å². The molecule has 0 radical (unpaired) electrons. The molecule has 0 saturated heterocycles. The largest absolute Gasteiger partial charge is 0.456 e. The highest BCUT2D eigenvalue weighted by Gasteiger charge is 2.38. The van der Waals surface area contributed by atoms with Crippen molar-refractivity contribution in [2.24, 2.45) is 0 Å². The van der Waals surface area contributed by atoms with Gasteiger partial charge in [-0.2, -0.15) is 0 Å². The van der Waals surface area contributed by atoms with E-state index in [1.54, 1.807) is 0 Å². The maximum Gasteiger partial charge on any atom is 0.135 e. The second-order valence-corrected chi connectivity index (χ2v) is 12.5. The van der Waals surface area contributed by atoms with Crippen molar-refractivity contribution in [1.29, 1.82) is 0 Å². The lowest BCUT2D eigenvalue weighted by molar-refractivity contribution is 0.669. The SMILES string of the molecule is C1=CC2c3ccccc3N(c3cccc(-c4ccc5oc6ccc(N7c8ccccc8C8C=CC=CC87)cc6c5c4)c3)C2C=C1. The number of anilines is 4. The summed E-state index contributed by atoms with van der Waals surface area (Å²) in [5, 5.41) is 2.29. The molecule has 3 nitrogen and oxygen atoms in total. The van der Waals surface area contributed by atoms with Crippen LogP contribution in [-0.2, 0) is 0 Å². The van der Waals surface area contributed by atoms with Gasteiger partial charge < -0.3 is 14.2 Å². The quantitative estimate of drug-likeness (QED) is 0.208. The standard InChI is InChI=1S/C42H30N2O/c1-5-16-37-31(12-1)32-13-2-6-17-38(32)43(37)29-11-9-10-27(24-29)28-20-22-41-35(25-28)36-26-30(21-23-42(36)45-41)44-39-18-7-3-14-33(39)34-15-4-8-19-40(34)44/h1-26,31,33,37,39H. The maximum atomic E-state index is 6.37. The molecule has 10 rings (SSSR count). The molecule has 0 N–H and O–H groups in total. The van der Waals surface area contributed by atoms with Gasteiger partial charge in [0.25, 0.3) is 0 Å². The molecule has 4 aliphatic rings. The van der Waals surface area contributed by atoms with E-state index < -0.39 is 0 Å². The summed E-state index contributed by atoms with van der Waals surface area (Å²) >= 11 is 0. The average Bonchev–Trinajstić information content (AvgIpc) is 3.75. The predicted octanol–water partition coefficient (Wildman–Crippen LogP) is 10.7. The number of benzene rings is 5. The fraction of sp³-hybridized carbons (Fsp3) is 0.0952. The Kier molecular flexibility index (Phi) is 5.23. The number of hydrogen-bond donors (Lipinski definition) is 0. The highest BCUT2D eigenvalue weighted by atomic mass is 16.3. The van der Waals surface area contributed by atoms with Crippen LogP contribution in [0.2, 0.25) is 0 Å².